The van der Waals surface area contributed by atoms with Crippen LogP contribution in [-0.2, 0) is 4.74 Å². The Morgan fingerprint density at radius 1 is 1.50 bits per heavy atom. The molecule has 1 aliphatic rings. The van der Waals surface area contributed by atoms with E-state index in [9.17, 15) is 4.39 Å². The van der Waals surface area contributed by atoms with E-state index in [0.717, 1.165) is 12.8 Å². The van der Waals surface area contributed by atoms with Crippen LogP contribution in [0.25, 0.3) is 0 Å². The van der Waals surface area contributed by atoms with Crippen molar-refractivity contribution in [3.8, 4) is 0 Å². The molecule has 2 atom stereocenters. The number of ether oxygens (including phenoxy) is 1. The Kier molecular flexibility index (Phi) is 3.62. The van der Waals surface area contributed by atoms with Crippen LogP contribution < -0.4 is 5.73 Å². The summed E-state index contributed by atoms with van der Waals surface area (Å²) < 4.78 is 19.7. The fraction of sp³-hybridized carbons (Fsp3) is 0.500. The molecule has 1 aromatic rings. The third kappa shape index (κ3) is 2.29. The summed E-state index contributed by atoms with van der Waals surface area (Å²) in [7, 11) is 1.64. The summed E-state index contributed by atoms with van der Waals surface area (Å²) in [6.45, 7) is 0. The van der Waals surface area contributed by atoms with Gasteiger partial charge in [0.05, 0.1) is 16.6 Å². The molecule has 2 unspecified atom stereocenters. The highest BCUT2D eigenvalue weighted by Crippen LogP contribution is 2.39. The molecule has 4 heteroatoms. The summed E-state index contributed by atoms with van der Waals surface area (Å²) in [4.78, 5) is 0. The Bertz CT molecular complexity index is 381. The summed E-state index contributed by atoms with van der Waals surface area (Å²) in [5, 5.41) is 0. The van der Waals surface area contributed by atoms with Crippen molar-refractivity contribution in [2.45, 2.75) is 25.0 Å². The molecule has 1 aliphatic carbocycles. The lowest BCUT2D eigenvalue weighted by Crippen LogP contribution is -2.30. The highest BCUT2D eigenvalue weighted by molar-refractivity contribution is 9.10. The zero-order valence-electron chi connectivity index (χ0n) is 9.12. The third-order valence-corrected chi connectivity index (χ3v) is 3.67. The Morgan fingerprint density at radius 2 is 2.19 bits per heavy atom. The van der Waals surface area contributed by atoms with Crippen LogP contribution in [0, 0.1) is 11.7 Å². The lowest BCUT2D eigenvalue weighted by Gasteiger charge is -2.23. The van der Waals surface area contributed by atoms with Crippen LogP contribution in [0.5, 0.6) is 0 Å². The van der Waals surface area contributed by atoms with Gasteiger partial charge in [0.2, 0.25) is 0 Å². The van der Waals surface area contributed by atoms with Gasteiger partial charge in [-0.15, -0.1) is 0 Å². The summed E-state index contributed by atoms with van der Waals surface area (Å²) in [6.07, 6.45) is 2.17. The largest absolute Gasteiger partial charge is 0.379 e. The quantitative estimate of drug-likeness (QED) is 0.924. The van der Waals surface area contributed by atoms with Gasteiger partial charge in [0, 0.05) is 12.7 Å². The van der Waals surface area contributed by atoms with Crippen LogP contribution >= 0.6 is 15.9 Å². The van der Waals surface area contributed by atoms with Gasteiger partial charge in [0.1, 0.15) is 5.82 Å². The van der Waals surface area contributed by atoms with Crippen molar-refractivity contribution in [2.24, 2.45) is 11.7 Å². The topological polar surface area (TPSA) is 35.2 Å². The average Bonchev–Trinajstić information content (AvgIpc) is 3.07. The number of rotatable bonds is 4. The first kappa shape index (κ1) is 12.0. The summed E-state index contributed by atoms with van der Waals surface area (Å²) in [5.41, 5.74) is 6.60. The van der Waals surface area contributed by atoms with Crippen LogP contribution in [-0.4, -0.2) is 13.2 Å². The Labute approximate surface area is 103 Å². The monoisotopic (exact) mass is 287 g/mol. The standard InChI is InChI=1S/C12H15BrFNO/c1-16-12(7-5-6-7)11(15)8-3-2-4-9(13)10(8)14/h2-4,7,11-12H,5-6,15H2,1H3. The molecule has 0 aliphatic heterocycles. The second kappa shape index (κ2) is 4.82. The van der Waals surface area contributed by atoms with Crippen molar-refractivity contribution in [1.82, 2.24) is 0 Å². The molecule has 88 valence electrons. The van der Waals surface area contributed by atoms with Crippen molar-refractivity contribution in [3.05, 3.63) is 34.1 Å². The van der Waals surface area contributed by atoms with E-state index >= 15 is 0 Å². The predicted octanol–water partition coefficient (Wildman–Crippen LogP) is 3.01. The minimum Gasteiger partial charge on any atom is -0.379 e. The molecule has 16 heavy (non-hydrogen) atoms. The maximum absolute atomic E-state index is 13.9. The highest BCUT2D eigenvalue weighted by Gasteiger charge is 2.36. The molecule has 0 heterocycles. The van der Waals surface area contributed by atoms with Crippen molar-refractivity contribution in [1.29, 1.82) is 0 Å². The molecule has 2 rings (SSSR count). The first-order chi connectivity index (χ1) is 7.65. The van der Waals surface area contributed by atoms with Crippen molar-refractivity contribution >= 4 is 15.9 Å². The number of nitrogens with two attached hydrogens (primary N) is 1. The van der Waals surface area contributed by atoms with Crippen LogP contribution in [0.1, 0.15) is 24.4 Å². The van der Waals surface area contributed by atoms with Crippen LogP contribution in [0.4, 0.5) is 4.39 Å². The molecule has 0 saturated heterocycles. The first-order valence-corrected chi connectivity index (χ1v) is 6.16. The molecule has 1 fully saturated rings. The molecule has 2 nitrogen and oxygen atoms in total. The van der Waals surface area contributed by atoms with Gasteiger partial charge >= 0.3 is 0 Å². The molecule has 0 aromatic heterocycles. The molecule has 1 saturated carbocycles. The summed E-state index contributed by atoms with van der Waals surface area (Å²) in [6, 6.07) is 4.79. The van der Waals surface area contributed by atoms with Gasteiger partial charge in [0.15, 0.2) is 0 Å². The number of hydrogen-bond acceptors (Lipinski definition) is 2. The maximum Gasteiger partial charge on any atom is 0.142 e. The molecule has 2 N–H and O–H groups in total. The van der Waals surface area contributed by atoms with Gasteiger partial charge in [-0.2, -0.15) is 0 Å². The molecular weight excluding hydrogens is 273 g/mol. The smallest absolute Gasteiger partial charge is 0.142 e. The molecule has 0 radical (unpaired) electrons. The van der Waals surface area contributed by atoms with Gasteiger partial charge in [-0.05, 0) is 40.8 Å². The SMILES string of the molecule is COC(C1CC1)C(N)c1cccc(Br)c1F. The average molecular weight is 288 g/mol. The second-order valence-corrected chi connectivity index (χ2v) is 5.06. The zero-order chi connectivity index (χ0) is 11.7. The summed E-state index contributed by atoms with van der Waals surface area (Å²) in [5.74, 6) is 0.205. The predicted molar refractivity (Wildman–Crippen MR) is 64.5 cm³/mol. The van der Waals surface area contributed by atoms with Crippen LogP contribution in [0.2, 0.25) is 0 Å². The third-order valence-electron chi connectivity index (χ3n) is 3.05. The van der Waals surface area contributed by atoms with E-state index in [1.165, 1.54) is 0 Å². The summed E-state index contributed by atoms with van der Waals surface area (Å²) >= 11 is 3.17. The van der Waals surface area contributed by atoms with E-state index in [2.05, 4.69) is 15.9 Å². The van der Waals surface area contributed by atoms with Gasteiger partial charge in [-0.25, -0.2) is 4.39 Å². The number of benzene rings is 1. The first-order valence-electron chi connectivity index (χ1n) is 5.37. The Balaban J connectivity index is 2.24. The number of halogens is 2. The van der Waals surface area contributed by atoms with E-state index < -0.39 is 6.04 Å². The van der Waals surface area contributed by atoms with Crippen molar-refractivity contribution in [2.75, 3.05) is 7.11 Å². The lowest BCUT2D eigenvalue weighted by molar-refractivity contribution is 0.0614. The second-order valence-electron chi connectivity index (χ2n) is 4.21. The van der Waals surface area contributed by atoms with E-state index in [4.69, 9.17) is 10.5 Å². The van der Waals surface area contributed by atoms with Crippen LogP contribution in [0.3, 0.4) is 0 Å². The van der Waals surface area contributed by atoms with Gasteiger partial charge in [-0.1, -0.05) is 12.1 Å². The fourth-order valence-corrected chi connectivity index (χ4v) is 2.39. The highest BCUT2D eigenvalue weighted by atomic mass is 79.9. The van der Waals surface area contributed by atoms with E-state index in [0.29, 0.717) is 16.0 Å². The molecule has 0 spiro atoms. The van der Waals surface area contributed by atoms with Gasteiger partial charge < -0.3 is 10.5 Å². The van der Waals surface area contributed by atoms with Crippen molar-refractivity contribution in [3.63, 3.8) is 0 Å². The van der Waals surface area contributed by atoms with Crippen LogP contribution in [0.15, 0.2) is 22.7 Å². The fourth-order valence-electron chi connectivity index (χ4n) is 2.01. The lowest BCUT2D eigenvalue weighted by atomic mass is 9.98. The minimum atomic E-state index is -0.394. The Hall–Kier alpha value is -0.450. The maximum atomic E-state index is 13.9. The Morgan fingerprint density at radius 3 is 2.75 bits per heavy atom. The zero-order valence-corrected chi connectivity index (χ0v) is 10.7. The molecule has 0 bridgehead atoms. The van der Waals surface area contributed by atoms with E-state index in [1.54, 1.807) is 25.3 Å². The number of methoxy groups -OCH3 is 1. The molecule has 0 amide bonds. The van der Waals surface area contributed by atoms with Gasteiger partial charge in [-0.3, -0.25) is 0 Å². The van der Waals surface area contributed by atoms with Gasteiger partial charge in [0.25, 0.3) is 0 Å². The molecular formula is C12H15BrFNO. The van der Waals surface area contributed by atoms with Crippen molar-refractivity contribution < 1.29 is 9.13 Å². The normalized spacial score (nSPS) is 19.5. The number of hydrogen-bond donors (Lipinski definition) is 1. The molecule has 1 aromatic carbocycles. The van der Waals surface area contributed by atoms with E-state index in [1.807, 2.05) is 0 Å². The van der Waals surface area contributed by atoms with E-state index in [-0.39, 0.29) is 11.9 Å². The minimum absolute atomic E-state index is 0.0798.